The molecule has 4 heterocycles. The lowest BCUT2D eigenvalue weighted by Crippen LogP contribution is -2.45. The fourth-order valence-corrected chi connectivity index (χ4v) is 3.36. The summed E-state index contributed by atoms with van der Waals surface area (Å²) in [5.41, 5.74) is 1.96. The van der Waals surface area contributed by atoms with Gasteiger partial charge in [-0.3, -0.25) is 4.79 Å². The number of piperazine rings is 1. The highest BCUT2D eigenvalue weighted by atomic mass is 19.3. The summed E-state index contributed by atoms with van der Waals surface area (Å²) in [5, 5.41) is 13.4. The predicted octanol–water partition coefficient (Wildman–Crippen LogP) is 2.15. The minimum Gasteiger partial charge on any atom is -0.433 e. The molecular weight excluding hydrogens is 382 g/mol. The van der Waals surface area contributed by atoms with Crippen LogP contribution < -0.4 is 9.64 Å². The summed E-state index contributed by atoms with van der Waals surface area (Å²) in [5.74, 6) is 0.688. The number of nitriles is 1. The Hall–Kier alpha value is -3.74. The molecule has 0 N–H and O–H groups in total. The Morgan fingerprint density at radius 1 is 1.21 bits per heavy atom. The highest BCUT2D eigenvalue weighted by molar-refractivity contribution is 5.85. The van der Waals surface area contributed by atoms with Gasteiger partial charge >= 0.3 is 6.61 Å². The van der Waals surface area contributed by atoms with Crippen LogP contribution in [0.5, 0.6) is 5.75 Å². The van der Waals surface area contributed by atoms with Crippen LogP contribution in [0.15, 0.2) is 36.8 Å². The lowest BCUT2D eigenvalue weighted by Gasteiger charge is -2.33. The molecular formula is C19H16F2N6O2. The van der Waals surface area contributed by atoms with Crippen LogP contribution in [0.4, 0.5) is 14.6 Å². The van der Waals surface area contributed by atoms with Crippen LogP contribution in [0.3, 0.4) is 0 Å². The van der Waals surface area contributed by atoms with Crippen LogP contribution in [0.2, 0.25) is 0 Å². The molecule has 0 unspecified atom stereocenters. The SMILES string of the molecule is N#Cc1cnn2cc(OC(F)F)cc(-c3ccc(N4CCN(C=O)CC4)nc3)c12. The van der Waals surface area contributed by atoms with Gasteiger partial charge in [-0.15, -0.1) is 0 Å². The maximum atomic E-state index is 12.7. The summed E-state index contributed by atoms with van der Waals surface area (Å²) >= 11 is 0. The largest absolute Gasteiger partial charge is 0.433 e. The van der Waals surface area contributed by atoms with Crippen molar-refractivity contribution >= 4 is 17.7 Å². The molecule has 0 aliphatic carbocycles. The predicted molar refractivity (Wildman–Crippen MR) is 99.6 cm³/mol. The van der Waals surface area contributed by atoms with E-state index in [2.05, 4.69) is 25.8 Å². The van der Waals surface area contributed by atoms with Crippen molar-refractivity contribution in [3.8, 4) is 22.9 Å². The number of aromatic nitrogens is 3. The number of amides is 1. The molecule has 3 aromatic heterocycles. The molecule has 29 heavy (non-hydrogen) atoms. The van der Waals surface area contributed by atoms with Gasteiger partial charge in [-0.25, -0.2) is 9.50 Å². The number of anilines is 1. The molecule has 8 nitrogen and oxygen atoms in total. The molecule has 1 saturated heterocycles. The number of pyridine rings is 2. The third-order valence-electron chi connectivity index (χ3n) is 4.78. The van der Waals surface area contributed by atoms with Crippen molar-refractivity contribution in [3.05, 3.63) is 42.4 Å². The molecule has 10 heteroatoms. The monoisotopic (exact) mass is 398 g/mol. The van der Waals surface area contributed by atoms with Gasteiger partial charge in [0.25, 0.3) is 0 Å². The quantitative estimate of drug-likeness (QED) is 0.612. The first-order valence-electron chi connectivity index (χ1n) is 8.86. The van der Waals surface area contributed by atoms with Crippen molar-refractivity contribution in [2.24, 2.45) is 0 Å². The standard InChI is InChI=1S/C19H16F2N6O2/c20-19(21)29-15-7-16(18-14(8-22)10-24-27(18)11-15)13-1-2-17(23-9-13)26-5-3-25(12-28)4-6-26/h1-2,7,9-12,19H,3-6H2. The number of hydrogen-bond donors (Lipinski definition) is 0. The van der Waals surface area contributed by atoms with Crippen molar-refractivity contribution in [2.45, 2.75) is 6.61 Å². The number of hydrogen-bond acceptors (Lipinski definition) is 6. The molecule has 0 bridgehead atoms. The Bertz CT molecular complexity index is 1070. The van der Waals surface area contributed by atoms with Crippen molar-refractivity contribution in [1.82, 2.24) is 19.5 Å². The molecule has 0 spiro atoms. The maximum Gasteiger partial charge on any atom is 0.387 e. The zero-order valence-corrected chi connectivity index (χ0v) is 15.2. The number of rotatable bonds is 5. The molecule has 0 atom stereocenters. The van der Waals surface area contributed by atoms with Crippen LogP contribution in [0, 0.1) is 11.3 Å². The molecule has 4 rings (SSSR count). The van der Waals surface area contributed by atoms with E-state index >= 15 is 0 Å². The van der Waals surface area contributed by atoms with Gasteiger partial charge in [-0.2, -0.15) is 19.1 Å². The second-order valence-electron chi connectivity index (χ2n) is 6.46. The van der Waals surface area contributed by atoms with Crippen LogP contribution in [0.1, 0.15) is 5.56 Å². The summed E-state index contributed by atoms with van der Waals surface area (Å²) in [7, 11) is 0. The summed E-state index contributed by atoms with van der Waals surface area (Å²) in [6.45, 7) is -0.372. The molecule has 0 aromatic carbocycles. The smallest absolute Gasteiger partial charge is 0.387 e. The van der Waals surface area contributed by atoms with Gasteiger partial charge in [-0.05, 0) is 18.2 Å². The second-order valence-corrected chi connectivity index (χ2v) is 6.46. The zero-order chi connectivity index (χ0) is 20.4. The van der Waals surface area contributed by atoms with E-state index in [1.807, 2.05) is 12.1 Å². The van der Waals surface area contributed by atoms with Crippen LogP contribution in [0.25, 0.3) is 16.6 Å². The minimum absolute atomic E-state index is 0.0656. The van der Waals surface area contributed by atoms with E-state index in [0.29, 0.717) is 48.4 Å². The van der Waals surface area contributed by atoms with Crippen molar-refractivity contribution < 1.29 is 18.3 Å². The van der Waals surface area contributed by atoms with E-state index in [9.17, 15) is 18.8 Å². The van der Waals surface area contributed by atoms with E-state index in [4.69, 9.17) is 0 Å². The number of nitrogens with zero attached hydrogens (tertiary/aromatic N) is 6. The number of carbonyl (C=O) groups is 1. The third kappa shape index (κ3) is 3.67. The molecule has 3 aromatic rings. The molecule has 1 aliphatic rings. The minimum atomic E-state index is -2.98. The first-order chi connectivity index (χ1) is 14.1. The fourth-order valence-electron chi connectivity index (χ4n) is 3.36. The molecule has 1 amide bonds. The second kappa shape index (κ2) is 7.71. The summed E-state index contributed by atoms with van der Waals surface area (Å²) in [6, 6.07) is 7.14. The topological polar surface area (TPSA) is 86.8 Å². The Balaban J connectivity index is 1.69. The maximum absolute atomic E-state index is 12.7. The van der Waals surface area contributed by atoms with Crippen molar-refractivity contribution in [2.75, 3.05) is 31.1 Å². The van der Waals surface area contributed by atoms with Crippen LogP contribution in [-0.4, -0.2) is 58.7 Å². The Kier molecular flexibility index (Phi) is 4.95. The van der Waals surface area contributed by atoms with Gasteiger partial charge < -0.3 is 14.5 Å². The molecule has 1 fully saturated rings. The van der Waals surface area contributed by atoms with Gasteiger partial charge in [-0.1, -0.05) is 0 Å². The molecule has 0 saturated carbocycles. The highest BCUT2D eigenvalue weighted by Crippen LogP contribution is 2.31. The first kappa shape index (κ1) is 18.6. The molecule has 0 radical (unpaired) electrons. The van der Waals surface area contributed by atoms with Gasteiger partial charge in [0.2, 0.25) is 6.41 Å². The average Bonchev–Trinajstić information content (AvgIpc) is 3.16. The van der Waals surface area contributed by atoms with Crippen molar-refractivity contribution in [1.29, 1.82) is 5.26 Å². The lowest BCUT2D eigenvalue weighted by atomic mass is 10.1. The fraction of sp³-hybridized carbons (Fsp3) is 0.263. The average molecular weight is 398 g/mol. The van der Waals surface area contributed by atoms with E-state index in [1.165, 1.54) is 23.0 Å². The van der Waals surface area contributed by atoms with Gasteiger partial charge in [0, 0.05) is 43.5 Å². The van der Waals surface area contributed by atoms with E-state index < -0.39 is 6.61 Å². The van der Waals surface area contributed by atoms with Gasteiger partial charge in [0.1, 0.15) is 17.6 Å². The summed E-state index contributed by atoms with van der Waals surface area (Å²) < 4.78 is 31.3. The van der Waals surface area contributed by atoms with Gasteiger partial charge in [0.15, 0.2) is 0 Å². The summed E-state index contributed by atoms with van der Waals surface area (Å²) in [4.78, 5) is 19.1. The number of halogens is 2. The highest BCUT2D eigenvalue weighted by Gasteiger charge is 2.18. The number of carbonyl (C=O) groups excluding carboxylic acids is 1. The lowest BCUT2D eigenvalue weighted by molar-refractivity contribution is -0.118. The number of ether oxygens (including phenoxy) is 1. The summed E-state index contributed by atoms with van der Waals surface area (Å²) in [6.07, 6.45) is 5.14. The van der Waals surface area contributed by atoms with Gasteiger partial charge in [0.05, 0.1) is 23.5 Å². The number of fused-ring (bicyclic) bond motifs is 1. The van der Waals surface area contributed by atoms with E-state index in [-0.39, 0.29) is 5.75 Å². The van der Waals surface area contributed by atoms with E-state index in [1.54, 1.807) is 11.1 Å². The first-order valence-corrected chi connectivity index (χ1v) is 8.86. The normalized spacial score (nSPS) is 14.3. The van der Waals surface area contributed by atoms with Crippen LogP contribution in [-0.2, 0) is 4.79 Å². The molecule has 148 valence electrons. The zero-order valence-electron chi connectivity index (χ0n) is 15.2. The third-order valence-corrected chi connectivity index (χ3v) is 4.78. The van der Waals surface area contributed by atoms with E-state index in [0.717, 1.165) is 12.2 Å². The Morgan fingerprint density at radius 2 is 2.00 bits per heavy atom. The van der Waals surface area contributed by atoms with Crippen molar-refractivity contribution in [3.63, 3.8) is 0 Å². The molecule has 1 aliphatic heterocycles. The van der Waals surface area contributed by atoms with Crippen LogP contribution >= 0.6 is 0 Å². The number of alkyl halides is 2. The Labute approximate surface area is 164 Å². The Morgan fingerprint density at radius 3 is 2.62 bits per heavy atom.